The minimum absolute atomic E-state index is 0.141. The van der Waals surface area contributed by atoms with Gasteiger partial charge in [-0.15, -0.1) is 0 Å². The Labute approximate surface area is 178 Å². The first-order valence-electron chi connectivity index (χ1n) is 9.33. The molecule has 6 nitrogen and oxygen atoms in total. The number of halogens is 1. The summed E-state index contributed by atoms with van der Waals surface area (Å²) in [6.45, 7) is 2.71. The van der Waals surface area contributed by atoms with Gasteiger partial charge >= 0.3 is 5.97 Å². The maximum absolute atomic E-state index is 12.1. The molecule has 0 spiro atoms. The number of nitrogens with zero attached hydrogens (tertiary/aromatic N) is 1. The van der Waals surface area contributed by atoms with Crippen molar-refractivity contribution in [3.05, 3.63) is 88.5 Å². The second kappa shape index (κ2) is 8.88. The monoisotopic (exact) mass is 423 g/mol. The lowest BCUT2D eigenvalue weighted by Crippen LogP contribution is -2.04. The predicted octanol–water partition coefficient (Wildman–Crippen LogP) is 5.26. The Balaban J connectivity index is 1.55. The van der Waals surface area contributed by atoms with Crippen molar-refractivity contribution >= 4 is 29.5 Å². The lowest BCUT2D eigenvalue weighted by molar-refractivity contribution is -0.130. The summed E-state index contributed by atoms with van der Waals surface area (Å²) < 4.78 is 22.0. The molecule has 152 valence electrons. The summed E-state index contributed by atoms with van der Waals surface area (Å²) in [7, 11) is 0. The van der Waals surface area contributed by atoms with E-state index < -0.39 is 5.97 Å². The first-order valence-corrected chi connectivity index (χ1v) is 9.70. The van der Waals surface area contributed by atoms with Crippen LogP contribution in [0.1, 0.15) is 23.8 Å². The van der Waals surface area contributed by atoms with E-state index >= 15 is 0 Å². The Morgan fingerprint density at radius 1 is 1.07 bits per heavy atom. The number of ether oxygens (including phenoxy) is 3. The smallest absolute Gasteiger partial charge is 0.363 e. The first kappa shape index (κ1) is 19.8. The summed E-state index contributed by atoms with van der Waals surface area (Å²) in [6.07, 6.45) is 3.12. The quantitative estimate of drug-likeness (QED) is 0.383. The fourth-order valence-electron chi connectivity index (χ4n) is 2.86. The molecule has 3 aromatic rings. The SMILES string of the molecule is CCOc1cc(/C=C2\N=C(c3ccco3)OC2=O)ccc1OCc1cccc(Cl)c1. The highest BCUT2D eigenvalue weighted by atomic mass is 35.5. The van der Waals surface area contributed by atoms with Crippen molar-refractivity contribution in [2.24, 2.45) is 4.99 Å². The Bertz CT molecular complexity index is 1120. The normalized spacial score (nSPS) is 14.5. The molecule has 4 rings (SSSR count). The molecule has 7 heteroatoms. The van der Waals surface area contributed by atoms with Crippen LogP contribution >= 0.6 is 11.6 Å². The standard InChI is InChI=1S/C23H18ClNO5/c1-2-27-21-13-15(8-9-19(21)29-14-16-5-3-6-17(24)11-16)12-18-23(26)30-22(25-18)20-7-4-10-28-20/h3-13H,2,14H2,1H3/b18-12-. The summed E-state index contributed by atoms with van der Waals surface area (Å²) >= 11 is 6.02. The van der Waals surface area contributed by atoms with Crippen LogP contribution in [0.15, 0.2) is 76.0 Å². The van der Waals surface area contributed by atoms with E-state index in [4.69, 9.17) is 30.2 Å². The number of esters is 1. The molecule has 0 unspecified atom stereocenters. The number of rotatable bonds is 7. The number of carbonyl (C=O) groups is 1. The van der Waals surface area contributed by atoms with Crippen LogP contribution in [0.4, 0.5) is 0 Å². The number of benzene rings is 2. The lowest BCUT2D eigenvalue weighted by Gasteiger charge is -2.13. The average Bonchev–Trinajstić information content (AvgIpc) is 3.38. The van der Waals surface area contributed by atoms with Crippen LogP contribution in [0, 0.1) is 0 Å². The third-order valence-electron chi connectivity index (χ3n) is 4.21. The van der Waals surface area contributed by atoms with Gasteiger partial charge in [-0.3, -0.25) is 0 Å². The molecule has 0 radical (unpaired) electrons. The Morgan fingerprint density at radius 3 is 2.73 bits per heavy atom. The molecule has 1 aliphatic rings. The largest absolute Gasteiger partial charge is 0.490 e. The highest BCUT2D eigenvalue weighted by Gasteiger charge is 2.25. The molecule has 1 aliphatic heterocycles. The van der Waals surface area contributed by atoms with Crippen molar-refractivity contribution < 1.29 is 23.4 Å². The Hall–Kier alpha value is -3.51. The zero-order valence-electron chi connectivity index (χ0n) is 16.1. The molecule has 1 aromatic heterocycles. The van der Waals surface area contributed by atoms with E-state index in [1.807, 2.05) is 37.3 Å². The van der Waals surface area contributed by atoms with E-state index in [-0.39, 0.29) is 11.6 Å². The number of hydrogen-bond donors (Lipinski definition) is 0. The molecule has 0 bridgehead atoms. The highest BCUT2D eigenvalue weighted by Crippen LogP contribution is 2.31. The third-order valence-corrected chi connectivity index (χ3v) is 4.44. The maximum atomic E-state index is 12.1. The first-order chi connectivity index (χ1) is 14.6. The van der Waals surface area contributed by atoms with Crippen LogP contribution in [0.25, 0.3) is 6.08 Å². The summed E-state index contributed by atoms with van der Waals surface area (Å²) in [4.78, 5) is 16.4. The van der Waals surface area contributed by atoms with Crippen molar-refractivity contribution in [3.8, 4) is 11.5 Å². The molecular weight excluding hydrogens is 406 g/mol. The molecule has 0 saturated heterocycles. The Morgan fingerprint density at radius 2 is 1.97 bits per heavy atom. The van der Waals surface area contributed by atoms with Gasteiger partial charge in [-0.05, 0) is 60.5 Å². The fourth-order valence-corrected chi connectivity index (χ4v) is 3.08. The van der Waals surface area contributed by atoms with Crippen LogP contribution in [0.2, 0.25) is 5.02 Å². The van der Waals surface area contributed by atoms with E-state index in [1.54, 1.807) is 30.3 Å². The van der Waals surface area contributed by atoms with Crippen molar-refractivity contribution in [2.45, 2.75) is 13.5 Å². The van der Waals surface area contributed by atoms with E-state index in [2.05, 4.69) is 4.99 Å². The minimum atomic E-state index is -0.541. The minimum Gasteiger partial charge on any atom is -0.490 e. The van der Waals surface area contributed by atoms with Crippen molar-refractivity contribution in [2.75, 3.05) is 6.61 Å². The van der Waals surface area contributed by atoms with Gasteiger partial charge < -0.3 is 18.6 Å². The molecule has 0 N–H and O–H groups in total. The van der Waals surface area contributed by atoms with Gasteiger partial charge in [0.05, 0.1) is 12.9 Å². The number of aliphatic imine (C=N–C) groups is 1. The molecule has 2 aromatic carbocycles. The van der Waals surface area contributed by atoms with Crippen molar-refractivity contribution in [3.63, 3.8) is 0 Å². The van der Waals surface area contributed by atoms with Gasteiger partial charge in [0, 0.05) is 5.02 Å². The molecule has 2 heterocycles. The summed E-state index contributed by atoms with van der Waals surface area (Å²) in [5.74, 6) is 1.15. The summed E-state index contributed by atoms with van der Waals surface area (Å²) in [5, 5.41) is 0.654. The fraction of sp³-hybridized carbons (Fsp3) is 0.130. The topological polar surface area (TPSA) is 70.3 Å². The summed E-state index contributed by atoms with van der Waals surface area (Å²) in [6, 6.07) is 16.2. The van der Waals surface area contributed by atoms with Crippen LogP contribution in [-0.2, 0) is 16.1 Å². The molecule has 0 aliphatic carbocycles. The lowest BCUT2D eigenvalue weighted by atomic mass is 10.1. The van der Waals surface area contributed by atoms with Gasteiger partial charge in [0.15, 0.2) is 23.0 Å². The van der Waals surface area contributed by atoms with E-state index in [0.29, 0.717) is 35.5 Å². The highest BCUT2D eigenvalue weighted by molar-refractivity contribution is 6.30. The van der Waals surface area contributed by atoms with Gasteiger partial charge in [-0.25, -0.2) is 9.79 Å². The van der Waals surface area contributed by atoms with Crippen LogP contribution < -0.4 is 9.47 Å². The molecule has 0 fully saturated rings. The predicted molar refractivity (Wildman–Crippen MR) is 113 cm³/mol. The van der Waals surface area contributed by atoms with Gasteiger partial charge in [0.2, 0.25) is 0 Å². The second-order valence-corrected chi connectivity index (χ2v) is 6.81. The molecular formula is C23H18ClNO5. The van der Waals surface area contributed by atoms with Crippen molar-refractivity contribution in [1.29, 1.82) is 0 Å². The molecule has 0 saturated carbocycles. The van der Waals surface area contributed by atoms with Gasteiger partial charge in [-0.2, -0.15) is 0 Å². The van der Waals surface area contributed by atoms with Crippen molar-refractivity contribution in [1.82, 2.24) is 0 Å². The zero-order valence-corrected chi connectivity index (χ0v) is 16.9. The third kappa shape index (κ3) is 4.55. The summed E-state index contributed by atoms with van der Waals surface area (Å²) in [5.41, 5.74) is 1.85. The van der Waals surface area contributed by atoms with E-state index in [1.165, 1.54) is 6.26 Å². The van der Waals surface area contributed by atoms with Crippen LogP contribution in [0.3, 0.4) is 0 Å². The van der Waals surface area contributed by atoms with E-state index in [9.17, 15) is 4.79 Å². The van der Waals surface area contributed by atoms with Gasteiger partial charge in [0.25, 0.3) is 5.90 Å². The number of cyclic esters (lactones) is 1. The van der Waals surface area contributed by atoms with Crippen LogP contribution in [-0.4, -0.2) is 18.5 Å². The average molecular weight is 424 g/mol. The van der Waals surface area contributed by atoms with Gasteiger partial charge in [-0.1, -0.05) is 29.8 Å². The molecule has 0 atom stereocenters. The second-order valence-electron chi connectivity index (χ2n) is 6.37. The van der Waals surface area contributed by atoms with Gasteiger partial charge in [0.1, 0.15) is 6.61 Å². The van der Waals surface area contributed by atoms with Crippen LogP contribution in [0.5, 0.6) is 11.5 Å². The molecule has 30 heavy (non-hydrogen) atoms. The zero-order chi connectivity index (χ0) is 20.9. The number of hydrogen-bond acceptors (Lipinski definition) is 6. The molecule has 0 amide bonds. The number of furan rings is 1. The maximum Gasteiger partial charge on any atom is 0.363 e. The number of carbonyl (C=O) groups excluding carboxylic acids is 1. The van der Waals surface area contributed by atoms with E-state index in [0.717, 1.165) is 11.1 Å². The Kier molecular flexibility index (Phi) is 5.86.